The molecule has 1 aromatic carbocycles. The van der Waals surface area contributed by atoms with E-state index in [0.717, 1.165) is 12.0 Å². The molecule has 20 heavy (non-hydrogen) atoms. The van der Waals surface area contributed by atoms with Crippen LogP contribution in [-0.2, 0) is 16.0 Å². The molecule has 4 nitrogen and oxygen atoms in total. The summed E-state index contributed by atoms with van der Waals surface area (Å²) in [5.41, 5.74) is 1.14. The highest BCUT2D eigenvalue weighted by Crippen LogP contribution is 2.12. The molecule has 5 heteroatoms. The highest BCUT2D eigenvalue weighted by molar-refractivity contribution is 6.30. The largest absolute Gasteiger partial charge is 0.344 e. The minimum Gasteiger partial charge on any atom is -0.344 e. The number of nitrogens with one attached hydrogen (secondary N) is 1. The van der Waals surface area contributed by atoms with Gasteiger partial charge in [-0.25, -0.2) is 0 Å². The zero-order chi connectivity index (χ0) is 14.5. The number of benzene rings is 1. The zero-order valence-corrected chi connectivity index (χ0v) is 12.3. The lowest BCUT2D eigenvalue weighted by molar-refractivity contribution is -0.133. The first-order valence-electron chi connectivity index (χ1n) is 6.92. The lowest BCUT2D eigenvalue weighted by Gasteiger charge is -2.23. The number of carbonyl (C=O) groups excluding carboxylic acids is 2. The summed E-state index contributed by atoms with van der Waals surface area (Å²) in [6, 6.07) is 7.24. The summed E-state index contributed by atoms with van der Waals surface area (Å²) in [5.74, 6) is -0.0218. The van der Waals surface area contributed by atoms with Gasteiger partial charge in [-0.3, -0.25) is 9.59 Å². The number of hydrogen-bond acceptors (Lipinski definition) is 2. The maximum Gasteiger partial charge on any atom is 0.245 e. The molecule has 1 saturated heterocycles. The van der Waals surface area contributed by atoms with E-state index in [1.165, 1.54) is 0 Å². The Morgan fingerprint density at radius 1 is 1.30 bits per heavy atom. The molecule has 1 aromatic rings. The van der Waals surface area contributed by atoms with Crippen LogP contribution >= 0.6 is 11.6 Å². The molecule has 1 atom stereocenters. The van der Waals surface area contributed by atoms with Crippen molar-refractivity contribution in [3.63, 3.8) is 0 Å². The Labute approximate surface area is 124 Å². The maximum absolute atomic E-state index is 12.3. The van der Waals surface area contributed by atoms with Gasteiger partial charge in [0.1, 0.15) is 6.04 Å². The van der Waals surface area contributed by atoms with Crippen molar-refractivity contribution < 1.29 is 9.59 Å². The minimum atomic E-state index is -0.379. The van der Waals surface area contributed by atoms with Crippen molar-refractivity contribution in [2.75, 3.05) is 13.1 Å². The summed E-state index contributed by atoms with van der Waals surface area (Å²) in [6.45, 7) is 3.03. The Morgan fingerprint density at radius 3 is 2.65 bits per heavy atom. The third-order valence-electron chi connectivity index (χ3n) is 3.55. The first kappa shape index (κ1) is 14.9. The third kappa shape index (κ3) is 3.73. The van der Waals surface area contributed by atoms with E-state index in [4.69, 9.17) is 11.6 Å². The normalized spacial score (nSPS) is 19.7. The van der Waals surface area contributed by atoms with Crippen molar-refractivity contribution in [3.8, 4) is 0 Å². The van der Waals surface area contributed by atoms with Gasteiger partial charge in [0.05, 0.1) is 0 Å². The highest BCUT2D eigenvalue weighted by atomic mass is 35.5. The molecule has 1 N–H and O–H groups in total. The number of amides is 2. The number of nitrogens with zero attached hydrogens (tertiary/aromatic N) is 1. The second kappa shape index (κ2) is 6.75. The second-order valence-corrected chi connectivity index (χ2v) is 5.42. The van der Waals surface area contributed by atoms with Gasteiger partial charge >= 0.3 is 0 Å². The molecule has 2 amide bonds. The van der Waals surface area contributed by atoms with Gasteiger partial charge in [-0.1, -0.05) is 30.7 Å². The monoisotopic (exact) mass is 294 g/mol. The smallest absolute Gasteiger partial charge is 0.245 e. The molecular weight excluding hydrogens is 276 g/mol. The van der Waals surface area contributed by atoms with E-state index in [1.807, 2.05) is 31.2 Å². The van der Waals surface area contributed by atoms with Gasteiger partial charge in [0, 0.05) is 24.5 Å². The molecule has 108 valence electrons. The van der Waals surface area contributed by atoms with Crippen molar-refractivity contribution in [1.82, 2.24) is 10.2 Å². The van der Waals surface area contributed by atoms with Crippen LogP contribution in [0.3, 0.4) is 0 Å². The summed E-state index contributed by atoms with van der Waals surface area (Å²) < 4.78 is 0. The Balaban J connectivity index is 1.98. The van der Waals surface area contributed by atoms with Crippen LogP contribution < -0.4 is 5.32 Å². The first-order chi connectivity index (χ1) is 9.60. The van der Waals surface area contributed by atoms with Crippen molar-refractivity contribution in [1.29, 1.82) is 0 Å². The third-order valence-corrected chi connectivity index (χ3v) is 3.80. The summed E-state index contributed by atoms with van der Waals surface area (Å²) in [7, 11) is 0. The fourth-order valence-electron chi connectivity index (χ4n) is 2.31. The lowest BCUT2D eigenvalue weighted by Crippen LogP contribution is -2.44. The number of hydrogen-bond donors (Lipinski definition) is 1. The quantitative estimate of drug-likeness (QED) is 0.923. The molecule has 0 spiro atoms. The average Bonchev–Trinajstić information content (AvgIpc) is 2.58. The zero-order valence-electron chi connectivity index (χ0n) is 11.6. The van der Waals surface area contributed by atoms with Crippen LogP contribution in [0.1, 0.15) is 25.3 Å². The topological polar surface area (TPSA) is 49.4 Å². The average molecular weight is 295 g/mol. The summed E-state index contributed by atoms with van der Waals surface area (Å²) in [6.07, 6.45) is 1.78. The fourth-order valence-corrected chi connectivity index (χ4v) is 2.44. The molecule has 0 radical (unpaired) electrons. The molecule has 1 aliphatic rings. The van der Waals surface area contributed by atoms with Gasteiger partial charge in [0.15, 0.2) is 0 Å². The van der Waals surface area contributed by atoms with Gasteiger partial charge in [-0.2, -0.15) is 0 Å². The molecule has 1 unspecified atom stereocenters. The Morgan fingerprint density at radius 2 is 2.00 bits per heavy atom. The van der Waals surface area contributed by atoms with Crippen molar-refractivity contribution >= 4 is 23.4 Å². The molecular formula is C15H19ClN2O2. The summed E-state index contributed by atoms with van der Waals surface area (Å²) in [4.78, 5) is 25.6. The molecule has 0 bridgehead atoms. The van der Waals surface area contributed by atoms with Crippen LogP contribution in [0.2, 0.25) is 5.02 Å². The van der Waals surface area contributed by atoms with E-state index < -0.39 is 0 Å². The van der Waals surface area contributed by atoms with Gasteiger partial charge in [-0.05, 0) is 30.5 Å². The SMILES string of the molecule is CCC1NC(=O)CCN(CCc2ccc(Cl)cc2)C1=O. The highest BCUT2D eigenvalue weighted by Gasteiger charge is 2.27. The Bertz CT molecular complexity index is 487. The summed E-state index contributed by atoms with van der Waals surface area (Å²) in [5, 5.41) is 3.48. The molecule has 0 saturated carbocycles. The van der Waals surface area contributed by atoms with E-state index >= 15 is 0 Å². The fraction of sp³-hybridized carbons (Fsp3) is 0.467. The van der Waals surface area contributed by atoms with Gasteiger partial charge in [0.2, 0.25) is 11.8 Å². The van der Waals surface area contributed by atoms with Crippen molar-refractivity contribution in [2.24, 2.45) is 0 Å². The van der Waals surface area contributed by atoms with E-state index in [0.29, 0.717) is 31.0 Å². The van der Waals surface area contributed by atoms with Gasteiger partial charge in [0.25, 0.3) is 0 Å². The predicted octanol–water partition coefficient (Wildman–Crippen LogP) is 2.01. The van der Waals surface area contributed by atoms with Crippen molar-refractivity contribution in [3.05, 3.63) is 34.9 Å². The second-order valence-electron chi connectivity index (χ2n) is 4.98. The predicted molar refractivity (Wildman–Crippen MR) is 78.6 cm³/mol. The molecule has 0 aromatic heterocycles. The lowest BCUT2D eigenvalue weighted by atomic mass is 10.1. The van der Waals surface area contributed by atoms with Crippen LogP contribution in [-0.4, -0.2) is 35.8 Å². The van der Waals surface area contributed by atoms with Gasteiger partial charge in [-0.15, -0.1) is 0 Å². The number of carbonyl (C=O) groups is 2. The van der Waals surface area contributed by atoms with E-state index in [1.54, 1.807) is 4.90 Å². The van der Waals surface area contributed by atoms with Crippen LogP contribution in [0, 0.1) is 0 Å². The molecule has 1 fully saturated rings. The minimum absolute atomic E-state index is 0.0207. The van der Waals surface area contributed by atoms with Crippen LogP contribution in [0.5, 0.6) is 0 Å². The number of rotatable bonds is 4. The molecule has 1 heterocycles. The number of halogens is 1. The molecule has 2 rings (SSSR count). The summed E-state index contributed by atoms with van der Waals surface area (Å²) >= 11 is 5.85. The van der Waals surface area contributed by atoms with E-state index in [9.17, 15) is 9.59 Å². The van der Waals surface area contributed by atoms with Crippen LogP contribution in [0.25, 0.3) is 0 Å². The van der Waals surface area contributed by atoms with Crippen molar-refractivity contribution in [2.45, 2.75) is 32.2 Å². The molecule has 0 aliphatic carbocycles. The maximum atomic E-state index is 12.3. The van der Waals surface area contributed by atoms with E-state index in [-0.39, 0.29) is 17.9 Å². The standard InChI is InChI=1S/C15H19ClN2O2/c1-2-13-15(20)18(10-8-14(19)17-13)9-7-11-3-5-12(16)6-4-11/h3-6,13H,2,7-10H2,1H3,(H,17,19). The van der Waals surface area contributed by atoms with Crippen LogP contribution in [0.15, 0.2) is 24.3 Å². The van der Waals surface area contributed by atoms with E-state index in [2.05, 4.69) is 5.32 Å². The van der Waals surface area contributed by atoms with Crippen LogP contribution in [0.4, 0.5) is 0 Å². The van der Waals surface area contributed by atoms with Gasteiger partial charge < -0.3 is 10.2 Å². The Kier molecular flexibility index (Phi) is 5.01. The molecule has 1 aliphatic heterocycles. The Hall–Kier alpha value is -1.55. The first-order valence-corrected chi connectivity index (χ1v) is 7.30.